The van der Waals surface area contributed by atoms with Crippen molar-refractivity contribution in [3.05, 3.63) is 75.1 Å². The Morgan fingerprint density at radius 3 is 2.73 bits per heavy atom. The molecule has 0 saturated carbocycles. The van der Waals surface area contributed by atoms with Crippen molar-refractivity contribution in [1.29, 1.82) is 0 Å². The summed E-state index contributed by atoms with van der Waals surface area (Å²) in [6.45, 7) is 8.11. The summed E-state index contributed by atoms with van der Waals surface area (Å²) in [6.07, 6.45) is 2.67. The molecule has 13 heteroatoms. The van der Waals surface area contributed by atoms with Gasteiger partial charge in [-0.3, -0.25) is 19.2 Å². The van der Waals surface area contributed by atoms with Crippen molar-refractivity contribution in [3.63, 3.8) is 0 Å². The molecule has 2 fully saturated rings. The first-order valence-corrected chi connectivity index (χ1v) is 16.2. The monoisotopic (exact) mass is 636 g/mol. The van der Waals surface area contributed by atoms with Crippen LogP contribution < -0.4 is 14.9 Å². The van der Waals surface area contributed by atoms with E-state index in [1.54, 1.807) is 16.9 Å². The molecular formula is C32H40N6O6S. The number of hydrogen-bond acceptors (Lipinski definition) is 10. The number of H-pyrrole nitrogens is 1. The summed E-state index contributed by atoms with van der Waals surface area (Å²) >= 11 is 0.978. The van der Waals surface area contributed by atoms with Gasteiger partial charge < -0.3 is 34.9 Å². The van der Waals surface area contributed by atoms with Crippen molar-refractivity contribution in [2.24, 2.45) is 0 Å². The number of phenols is 1. The Morgan fingerprint density at radius 2 is 1.98 bits per heavy atom. The summed E-state index contributed by atoms with van der Waals surface area (Å²) in [5.41, 5.74) is 2.72. The summed E-state index contributed by atoms with van der Waals surface area (Å²) in [5.74, 6) is 0.886. The number of benzene rings is 2. The molecule has 6 rings (SSSR count). The zero-order valence-electron chi connectivity index (χ0n) is 25.4. The lowest BCUT2D eigenvalue weighted by atomic mass is 9.89. The van der Waals surface area contributed by atoms with Crippen LogP contribution in [-0.2, 0) is 22.6 Å². The number of thiazole rings is 1. The first kappa shape index (κ1) is 31.2. The maximum Gasteiger partial charge on any atom is 0.305 e. The van der Waals surface area contributed by atoms with Crippen LogP contribution >= 0.6 is 11.3 Å². The summed E-state index contributed by atoms with van der Waals surface area (Å²) in [7, 11) is 0. The van der Waals surface area contributed by atoms with Gasteiger partial charge in [-0.05, 0) is 49.6 Å². The molecule has 0 radical (unpaired) electrons. The highest BCUT2D eigenvalue weighted by Gasteiger charge is 2.41. The number of aliphatic hydroxyl groups is 1. The number of hydrogen-bond donors (Lipinski definition) is 4. The fourth-order valence-electron chi connectivity index (χ4n) is 6.10. The number of aromatic amines is 1. The number of carbonyl (C=O) groups excluding carboxylic acids is 1. The van der Waals surface area contributed by atoms with Crippen molar-refractivity contribution in [1.82, 2.24) is 29.9 Å². The first-order chi connectivity index (χ1) is 21.8. The van der Waals surface area contributed by atoms with E-state index in [0.29, 0.717) is 55.2 Å². The Hall–Kier alpha value is -3.75. The van der Waals surface area contributed by atoms with Crippen molar-refractivity contribution in [2.75, 3.05) is 52.5 Å². The predicted molar refractivity (Wildman–Crippen MR) is 171 cm³/mol. The summed E-state index contributed by atoms with van der Waals surface area (Å²) in [6, 6.07) is 12.9. The van der Waals surface area contributed by atoms with Gasteiger partial charge in [-0.2, -0.15) is 5.10 Å². The van der Waals surface area contributed by atoms with Crippen molar-refractivity contribution < 1.29 is 24.5 Å². The number of aryl methyl sites for hydroxylation is 1. The third kappa shape index (κ3) is 7.39. The average Bonchev–Trinajstić information content (AvgIpc) is 3.64. The molecule has 2 aromatic heterocycles. The first-order valence-electron chi connectivity index (χ1n) is 15.4. The second-order valence-corrected chi connectivity index (χ2v) is 12.8. The molecule has 45 heavy (non-hydrogen) atoms. The molecule has 0 unspecified atom stereocenters. The van der Waals surface area contributed by atoms with E-state index < -0.39 is 6.10 Å². The number of aliphatic hydroxyl groups excluding tert-OH is 1. The highest BCUT2D eigenvalue weighted by Crippen LogP contribution is 2.32. The van der Waals surface area contributed by atoms with Gasteiger partial charge in [0.2, 0.25) is 5.91 Å². The molecule has 1 amide bonds. The fourth-order valence-corrected chi connectivity index (χ4v) is 7.02. The molecule has 2 aliphatic rings. The number of rotatable bonds is 11. The van der Waals surface area contributed by atoms with Gasteiger partial charge in [-0.25, -0.2) is 0 Å². The number of morpholine rings is 1. The van der Waals surface area contributed by atoms with E-state index in [1.807, 2.05) is 42.2 Å². The van der Waals surface area contributed by atoms with Crippen LogP contribution in [0, 0.1) is 6.92 Å². The molecule has 2 aromatic carbocycles. The molecule has 12 nitrogen and oxygen atoms in total. The lowest BCUT2D eigenvalue weighted by molar-refractivity contribution is -0.160. The Morgan fingerprint density at radius 1 is 1.18 bits per heavy atom. The zero-order valence-corrected chi connectivity index (χ0v) is 26.2. The number of amides is 1. The third-order valence-electron chi connectivity index (χ3n) is 8.80. The Labute approximate surface area is 265 Å². The van der Waals surface area contributed by atoms with Crippen molar-refractivity contribution >= 4 is 27.5 Å². The van der Waals surface area contributed by atoms with Crippen LogP contribution in [0.25, 0.3) is 10.2 Å². The van der Waals surface area contributed by atoms with Crippen LogP contribution in [0.5, 0.6) is 11.5 Å². The minimum Gasteiger partial charge on any atom is -0.506 e. The number of piperidine rings is 1. The molecule has 2 saturated heterocycles. The predicted octanol–water partition coefficient (Wildman–Crippen LogP) is 2.40. The molecule has 0 aliphatic carbocycles. The van der Waals surface area contributed by atoms with E-state index in [2.05, 4.69) is 20.3 Å². The number of carbonyl (C=O) groups is 1. The lowest BCUT2D eigenvalue weighted by Crippen LogP contribution is -2.58. The van der Waals surface area contributed by atoms with Gasteiger partial charge in [-0.15, -0.1) is 0 Å². The topological polar surface area (TPSA) is 145 Å². The summed E-state index contributed by atoms with van der Waals surface area (Å²) in [4.78, 5) is 31.4. The number of phenolic OH excluding ortho intramolecular Hbond substituents is 1. The third-order valence-corrected chi connectivity index (χ3v) is 9.73. The second-order valence-electron chi connectivity index (χ2n) is 11.9. The molecule has 2 aliphatic heterocycles. The lowest BCUT2D eigenvalue weighted by Gasteiger charge is -2.47. The number of ether oxygens (including phenoxy) is 2. The Bertz CT molecular complexity index is 1660. The number of fused-ring (bicyclic) bond motifs is 1. The van der Waals surface area contributed by atoms with Gasteiger partial charge in [0.05, 0.1) is 23.0 Å². The van der Waals surface area contributed by atoms with E-state index >= 15 is 0 Å². The normalized spacial score (nSPS) is 17.6. The maximum absolute atomic E-state index is 12.9. The summed E-state index contributed by atoms with van der Waals surface area (Å²) in [5, 5.41) is 28.2. The van der Waals surface area contributed by atoms with Crippen molar-refractivity contribution in [2.45, 2.75) is 44.6 Å². The molecule has 4 aromatic rings. The van der Waals surface area contributed by atoms with Crippen LogP contribution in [-0.4, -0.2) is 98.8 Å². The van der Waals surface area contributed by atoms with E-state index in [1.165, 1.54) is 6.07 Å². The highest BCUT2D eigenvalue weighted by molar-refractivity contribution is 7.16. The number of nitrogens with zero attached hydrogens (tertiary/aromatic N) is 4. The fraction of sp³-hybridized carbons (Fsp3) is 0.469. The van der Waals surface area contributed by atoms with Crippen molar-refractivity contribution in [3.8, 4) is 11.5 Å². The van der Waals surface area contributed by atoms with E-state index in [0.717, 1.165) is 60.8 Å². The largest absolute Gasteiger partial charge is 0.506 e. The minimum absolute atomic E-state index is 0.00775. The Balaban J connectivity index is 0.901. The quantitative estimate of drug-likeness (QED) is 0.195. The SMILES string of the molecule is Cc1ccnn1CC(=O)N1CCOC2(CCN(CCOc3ccc(CNC[C@H](O)c4ccc(O)c5[nH]c(=O)sc45)cc3)CC2)C1. The maximum atomic E-state index is 12.9. The van der Waals surface area contributed by atoms with Crippen LogP contribution in [0.15, 0.2) is 53.5 Å². The number of nitrogens with one attached hydrogen (secondary N) is 2. The molecule has 240 valence electrons. The average molecular weight is 637 g/mol. The van der Waals surface area contributed by atoms with Crippen LogP contribution in [0.1, 0.15) is 35.8 Å². The van der Waals surface area contributed by atoms with E-state index in [4.69, 9.17) is 9.47 Å². The van der Waals surface area contributed by atoms with E-state index in [9.17, 15) is 19.8 Å². The zero-order chi connectivity index (χ0) is 31.4. The second kappa shape index (κ2) is 13.7. The molecular weight excluding hydrogens is 596 g/mol. The molecule has 0 bridgehead atoms. The van der Waals surface area contributed by atoms with Gasteiger partial charge in [-0.1, -0.05) is 29.5 Å². The van der Waals surface area contributed by atoms with Crippen LogP contribution in [0.2, 0.25) is 0 Å². The molecule has 1 atom stereocenters. The van der Waals surface area contributed by atoms with Crippen LogP contribution in [0.4, 0.5) is 0 Å². The van der Waals surface area contributed by atoms with E-state index in [-0.39, 0.29) is 28.7 Å². The van der Waals surface area contributed by atoms with Gasteiger partial charge in [0.1, 0.15) is 30.2 Å². The minimum atomic E-state index is -0.824. The molecule has 4 N–H and O–H groups in total. The number of aromatic nitrogens is 3. The molecule has 4 heterocycles. The van der Waals surface area contributed by atoms with Crippen LogP contribution in [0.3, 0.4) is 0 Å². The van der Waals surface area contributed by atoms with Gasteiger partial charge in [0.15, 0.2) is 0 Å². The summed E-state index contributed by atoms with van der Waals surface area (Å²) < 4.78 is 14.6. The Kier molecular flexibility index (Phi) is 9.52. The van der Waals surface area contributed by atoms with Gasteiger partial charge in [0, 0.05) is 63.3 Å². The van der Waals surface area contributed by atoms with Gasteiger partial charge in [0.25, 0.3) is 0 Å². The standard InChI is InChI=1S/C32H40N6O6S/c1-22-8-11-34-38(22)20-28(41)37-15-17-44-32(21-37)9-12-36(13-10-32)14-16-43-24-4-2-23(3-5-24)18-33-19-27(40)25-6-7-26(39)29-30(25)45-31(42)35-29/h2-8,11,27,33,39-40H,9-10,12-21H2,1H3,(H,35,42)/t27-/m0/s1. The smallest absolute Gasteiger partial charge is 0.305 e. The number of aromatic hydroxyl groups is 1. The highest BCUT2D eigenvalue weighted by atomic mass is 32.1. The molecule has 1 spiro atoms. The van der Waals surface area contributed by atoms with Gasteiger partial charge >= 0.3 is 4.87 Å². The number of likely N-dealkylation sites (tertiary alicyclic amines) is 1.